The molecule has 3 fully saturated rings. The molecule has 0 aromatic rings. The number of carbonyl (C=O) groups excluding carboxylic acids is 2. The molecule has 6 aliphatic rings. The Morgan fingerprint density at radius 1 is 0.610 bits per heavy atom. The SMILES string of the molecule is O=C(O)C12C=C(O)C(O)=C(O)C1S2.O=C([O][Ge][O]C(=O)C12C=C(O)C(O)=C(O)C1S2)C12C=C(O)C(O)=C(O)C1S2.[Ag]. The van der Waals surface area contributed by atoms with Crippen LogP contribution in [0.3, 0.4) is 0 Å². The van der Waals surface area contributed by atoms with Crippen molar-refractivity contribution in [2.45, 2.75) is 30.0 Å². The quantitative estimate of drug-likeness (QED) is 0.140. The number of carboxylic acid groups (broad SMARTS) is 1. The van der Waals surface area contributed by atoms with E-state index >= 15 is 0 Å². The fraction of sp³-hybridized carbons (Fsp3) is 0.286. The van der Waals surface area contributed by atoms with E-state index in [0.29, 0.717) is 0 Å². The van der Waals surface area contributed by atoms with Gasteiger partial charge in [0.05, 0.1) is 5.25 Å². The molecule has 6 rings (SSSR count). The molecule has 3 aliphatic heterocycles. The van der Waals surface area contributed by atoms with Gasteiger partial charge in [0.25, 0.3) is 0 Å². The number of aliphatic hydroxyl groups excluding tert-OH is 9. The van der Waals surface area contributed by atoms with Gasteiger partial charge in [0.1, 0.15) is 0 Å². The van der Waals surface area contributed by atoms with Crippen LogP contribution in [-0.4, -0.2) is 115 Å². The first-order chi connectivity index (χ1) is 18.6. The predicted molar refractivity (Wildman–Crippen MR) is 137 cm³/mol. The van der Waals surface area contributed by atoms with Gasteiger partial charge in [0.15, 0.2) is 22.0 Å². The Morgan fingerprint density at radius 3 is 1.24 bits per heavy atom. The Morgan fingerprint density at radius 2 is 0.902 bits per heavy atom. The number of aliphatic hydroxyl groups is 9. The topological polar surface area (TPSA) is 272 Å². The molecule has 20 heteroatoms. The average molecular weight is 785 g/mol. The van der Waals surface area contributed by atoms with Crippen molar-refractivity contribution < 1.29 is 95.4 Å². The first kappa shape index (κ1) is 31.3. The largest absolute Gasteiger partial charge is 0 e. The van der Waals surface area contributed by atoms with Crippen LogP contribution in [0, 0.1) is 0 Å². The number of aliphatic carboxylic acids is 1. The maximum absolute atomic E-state index is 12.2. The van der Waals surface area contributed by atoms with Crippen LogP contribution in [0.4, 0.5) is 0 Å². The number of thioether (sulfide) groups is 3. The normalized spacial score (nSPS) is 35.4. The third-order valence-corrected chi connectivity index (χ3v) is 12.0. The van der Waals surface area contributed by atoms with Gasteiger partial charge in [-0.1, -0.05) is 0 Å². The van der Waals surface area contributed by atoms with Crippen molar-refractivity contribution in [3.05, 3.63) is 70.1 Å². The van der Waals surface area contributed by atoms with Gasteiger partial charge in [-0.3, -0.25) is 4.79 Å². The monoisotopic (exact) mass is 785 g/mol. The molecule has 6 atom stereocenters. The summed E-state index contributed by atoms with van der Waals surface area (Å²) in [4.78, 5) is 35.2. The Balaban J connectivity index is 0.000000233. The van der Waals surface area contributed by atoms with Gasteiger partial charge in [-0.15, -0.1) is 11.8 Å². The minimum absolute atomic E-state index is 0. The van der Waals surface area contributed by atoms with Crippen LogP contribution in [0.25, 0.3) is 0 Å². The van der Waals surface area contributed by atoms with Crippen LogP contribution in [0.5, 0.6) is 0 Å². The van der Waals surface area contributed by atoms with E-state index in [1.54, 1.807) is 0 Å². The van der Waals surface area contributed by atoms with Crippen LogP contribution in [-0.2, 0) is 44.3 Å². The molecule has 0 spiro atoms. The van der Waals surface area contributed by atoms with Crippen LogP contribution in [0.1, 0.15) is 0 Å². The van der Waals surface area contributed by atoms with Crippen molar-refractivity contribution in [2.24, 2.45) is 0 Å². The zero-order valence-corrected chi connectivity index (χ0v) is 25.5. The van der Waals surface area contributed by atoms with E-state index in [2.05, 4.69) is 0 Å². The molecule has 0 bridgehead atoms. The number of carbonyl (C=O) groups is 3. The second-order valence-electron chi connectivity index (χ2n) is 8.83. The molecule has 3 radical (unpaired) electrons. The predicted octanol–water partition coefficient (Wildman–Crippen LogP) is 1.59. The molecule has 6 unspecified atom stereocenters. The third kappa shape index (κ3) is 4.74. The van der Waals surface area contributed by atoms with E-state index in [9.17, 15) is 50.1 Å². The van der Waals surface area contributed by atoms with Crippen LogP contribution >= 0.6 is 35.3 Å². The minimum Gasteiger partial charge on any atom is 0 e. The fourth-order valence-corrected chi connectivity index (χ4v) is 8.89. The molecule has 15 nitrogen and oxygen atoms in total. The number of hydrogen-bond donors (Lipinski definition) is 10. The van der Waals surface area contributed by atoms with E-state index in [1.807, 2.05) is 0 Å². The summed E-state index contributed by atoms with van der Waals surface area (Å²) >= 11 is 0.853. The maximum atomic E-state index is 12.2. The van der Waals surface area contributed by atoms with Crippen molar-refractivity contribution >= 4 is 69.3 Å². The molecule has 41 heavy (non-hydrogen) atoms. The molecule has 0 aromatic carbocycles. The number of rotatable bonds is 5. The van der Waals surface area contributed by atoms with E-state index < -0.39 is 116 Å². The van der Waals surface area contributed by atoms with Gasteiger partial charge >= 0.3 is 172 Å². The molecule has 0 amide bonds. The van der Waals surface area contributed by atoms with Gasteiger partial charge in [-0.05, 0) is 6.08 Å². The van der Waals surface area contributed by atoms with Gasteiger partial charge in [-0.2, -0.15) is 0 Å². The standard InChI is InChI=1S/C14H10GeO10S2.C7H6O5S.Ag/c16-3-1-13(9(26-13)7(20)5(3)18)11(22)24-15-25-12(23)14-2-4(17)6(19)8(21)10(14)27-14;8-2-1-7(6(11)12)5(13-7)4(10)3(2)9;/h1-2,9-10,16-21H;1,5,8-10H,(H,11,12);. The summed E-state index contributed by atoms with van der Waals surface area (Å²) in [5.74, 6) is -8.25. The summed E-state index contributed by atoms with van der Waals surface area (Å²) in [5, 5.41) is 91.3. The van der Waals surface area contributed by atoms with Crippen molar-refractivity contribution in [2.75, 3.05) is 0 Å². The smallest absolute Gasteiger partial charge is 0 e. The Bertz CT molecular complexity index is 1400. The molecule has 0 saturated carbocycles. The molecule has 3 saturated heterocycles. The Labute approximate surface area is 263 Å². The molecular formula is C21H16AgGeO15S3. The molecule has 223 valence electrons. The first-order valence-electron chi connectivity index (χ1n) is 10.7. The fourth-order valence-electron chi connectivity index (χ4n) is 4.08. The Hall–Kier alpha value is -2.62. The second kappa shape index (κ2) is 10.3. The van der Waals surface area contributed by atoms with E-state index in [4.69, 9.17) is 22.8 Å². The number of hydrogen-bond acceptors (Lipinski definition) is 17. The zero-order valence-electron chi connectivity index (χ0n) is 19.5. The van der Waals surface area contributed by atoms with Gasteiger partial charge in [0, 0.05) is 22.4 Å². The summed E-state index contributed by atoms with van der Waals surface area (Å²) < 4.78 is 5.96. The molecule has 3 heterocycles. The minimum atomic E-state index is -2.02. The third-order valence-electron chi connectivity index (χ3n) is 6.43. The van der Waals surface area contributed by atoms with Gasteiger partial charge in [0.2, 0.25) is 0 Å². The number of fused-ring (bicyclic) bond motifs is 3. The van der Waals surface area contributed by atoms with Crippen LogP contribution < -0.4 is 0 Å². The van der Waals surface area contributed by atoms with Crippen molar-refractivity contribution in [1.29, 1.82) is 0 Å². The van der Waals surface area contributed by atoms with E-state index in [0.717, 1.165) is 53.5 Å². The zero-order chi connectivity index (χ0) is 29.5. The summed E-state index contributed by atoms with van der Waals surface area (Å²) in [6, 6.07) is 0. The summed E-state index contributed by atoms with van der Waals surface area (Å²) in [6.45, 7) is 0. The van der Waals surface area contributed by atoms with E-state index in [-0.39, 0.29) is 22.4 Å². The van der Waals surface area contributed by atoms with Gasteiger partial charge < -0.3 is 20.4 Å². The molecule has 3 aliphatic carbocycles. The summed E-state index contributed by atoms with van der Waals surface area (Å²) in [7, 11) is 0. The molecule has 10 N–H and O–H groups in total. The molecule has 0 aromatic heterocycles. The summed E-state index contributed by atoms with van der Waals surface area (Å²) in [5.41, 5.74) is 0. The Kier molecular flexibility index (Phi) is 7.85. The van der Waals surface area contributed by atoms with E-state index in [1.165, 1.54) is 0 Å². The van der Waals surface area contributed by atoms with Crippen LogP contribution in [0.15, 0.2) is 70.1 Å². The number of carboxylic acids is 1. The second-order valence-corrected chi connectivity index (χ2v) is 14.2. The molecular weight excluding hydrogens is 769 g/mol. The maximum Gasteiger partial charge on any atom is 0 e. The van der Waals surface area contributed by atoms with Crippen molar-refractivity contribution in [3.8, 4) is 0 Å². The van der Waals surface area contributed by atoms with Crippen molar-refractivity contribution in [3.63, 3.8) is 0 Å². The summed E-state index contributed by atoms with van der Waals surface area (Å²) in [6.07, 6.45) is 3.17. The van der Waals surface area contributed by atoms with Crippen molar-refractivity contribution in [1.82, 2.24) is 0 Å². The first-order valence-corrected chi connectivity index (χ1v) is 15.1. The van der Waals surface area contributed by atoms with Gasteiger partial charge in [-0.25, -0.2) is 0 Å². The van der Waals surface area contributed by atoms with Crippen LogP contribution in [0.2, 0.25) is 0 Å². The average Bonchev–Trinajstić information content (AvgIpc) is 3.80.